The minimum Gasteiger partial charge on any atom is -0.375 e. The van der Waals surface area contributed by atoms with Gasteiger partial charge in [0.2, 0.25) is 0 Å². The van der Waals surface area contributed by atoms with Crippen molar-refractivity contribution in [2.24, 2.45) is 0 Å². The van der Waals surface area contributed by atoms with E-state index in [9.17, 15) is 4.39 Å². The Morgan fingerprint density at radius 3 is 2.52 bits per heavy atom. The van der Waals surface area contributed by atoms with Crippen molar-refractivity contribution in [3.05, 3.63) is 71.5 Å². The summed E-state index contributed by atoms with van der Waals surface area (Å²) in [4.78, 5) is 2.41. The summed E-state index contributed by atoms with van der Waals surface area (Å²) in [6.07, 6.45) is 0.105. The van der Waals surface area contributed by atoms with Crippen LogP contribution in [0.2, 0.25) is 0 Å². The maximum atomic E-state index is 13.2. The zero-order chi connectivity index (χ0) is 14.7. The molecule has 0 spiro atoms. The molecule has 1 heterocycles. The van der Waals surface area contributed by atoms with Crippen LogP contribution in [-0.4, -0.2) is 24.2 Å². The first-order chi connectivity index (χ1) is 10.2. The van der Waals surface area contributed by atoms with Gasteiger partial charge in [-0.05, 0) is 30.2 Å². The van der Waals surface area contributed by atoms with Crippen molar-refractivity contribution >= 4 is 0 Å². The quantitative estimate of drug-likeness (QED) is 0.851. The Bertz CT molecular complexity index is 570. The van der Waals surface area contributed by atoms with Crippen molar-refractivity contribution in [2.45, 2.75) is 25.6 Å². The Hall–Kier alpha value is -1.71. The van der Waals surface area contributed by atoms with E-state index in [-0.39, 0.29) is 18.0 Å². The van der Waals surface area contributed by atoms with E-state index in [1.165, 1.54) is 17.7 Å². The van der Waals surface area contributed by atoms with Gasteiger partial charge in [0, 0.05) is 13.1 Å². The summed E-state index contributed by atoms with van der Waals surface area (Å²) in [5.74, 6) is -0.197. The van der Waals surface area contributed by atoms with Gasteiger partial charge in [-0.2, -0.15) is 0 Å². The molecular weight excluding hydrogens is 265 g/mol. The summed E-state index contributed by atoms with van der Waals surface area (Å²) < 4.78 is 19.0. The monoisotopic (exact) mass is 285 g/mol. The lowest BCUT2D eigenvalue weighted by atomic mass is 9.98. The van der Waals surface area contributed by atoms with Gasteiger partial charge >= 0.3 is 0 Å². The predicted octanol–water partition coefficient (Wildman–Crippen LogP) is 3.79. The molecule has 0 radical (unpaired) electrons. The molecule has 2 aromatic carbocycles. The number of hydrogen-bond acceptors (Lipinski definition) is 2. The van der Waals surface area contributed by atoms with Crippen LogP contribution >= 0.6 is 0 Å². The van der Waals surface area contributed by atoms with Gasteiger partial charge in [0.15, 0.2) is 0 Å². The second-order valence-corrected chi connectivity index (χ2v) is 5.53. The number of benzene rings is 2. The van der Waals surface area contributed by atoms with Gasteiger partial charge in [0.05, 0.1) is 18.8 Å². The minimum atomic E-state index is -0.197. The number of rotatable bonds is 3. The highest BCUT2D eigenvalue weighted by molar-refractivity contribution is 5.22. The average Bonchev–Trinajstić information content (AvgIpc) is 2.50. The maximum Gasteiger partial charge on any atom is 0.123 e. The number of halogens is 1. The Balaban J connectivity index is 1.84. The third kappa shape index (κ3) is 3.31. The van der Waals surface area contributed by atoms with Gasteiger partial charge in [0.1, 0.15) is 5.82 Å². The first-order valence-corrected chi connectivity index (χ1v) is 7.39. The molecular formula is C18H20FNO. The lowest BCUT2D eigenvalue weighted by molar-refractivity contribution is -0.0668. The van der Waals surface area contributed by atoms with Crippen molar-refractivity contribution in [3.8, 4) is 0 Å². The van der Waals surface area contributed by atoms with Gasteiger partial charge in [0.25, 0.3) is 0 Å². The molecule has 2 nitrogen and oxygen atoms in total. The molecule has 0 aliphatic carbocycles. The standard InChI is InChI=1S/C18H20FNO/c1-14-18(16-7-9-17(19)10-8-16)20(11-12-21-14)13-15-5-3-2-4-6-15/h2-10,14,18H,11-13H2,1H3. The van der Waals surface area contributed by atoms with Crippen LogP contribution in [0.25, 0.3) is 0 Å². The summed E-state index contributed by atoms with van der Waals surface area (Å²) in [5.41, 5.74) is 2.40. The third-order valence-corrected chi connectivity index (χ3v) is 4.04. The van der Waals surface area contributed by atoms with Crippen molar-refractivity contribution in [3.63, 3.8) is 0 Å². The molecule has 110 valence electrons. The Morgan fingerprint density at radius 2 is 1.81 bits per heavy atom. The topological polar surface area (TPSA) is 12.5 Å². The van der Waals surface area contributed by atoms with E-state index in [0.717, 1.165) is 25.3 Å². The number of morpholine rings is 1. The molecule has 3 rings (SSSR count). The van der Waals surface area contributed by atoms with E-state index in [1.54, 1.807) is 0 Å². The van der Waals surface area contributed by atoms with Gasteiger partial charge in [-0.15, -0.1) is 0 Å². The van der Waals surface area contributed by atoms with Crippen LogP contribution in [-0.2, 0) is 11.3 Å². The molecule has 0 N–H and O–H groups in total. The fourth-order valence-corrected chi connectivity index (χ4v) is 3.02. The molecule has 0 aromatic heterocycles. The smallest absolute Gasteiger partial charge is 0.123 e. The van der Waals surface area contributed by atoms with Crippen LogP contribution in [0.15, 0.2) is 54.6 Å². The highest BCUT2D eigenvalue weighted by atomic mass is 19.1. The first kappa shape index (κ1) is 14.2. The lowest BCUT2D eigenvalue weighted by Gasteiger charge is -2.40. The van der Waals surface area contributed by atoms with Crippen LogP contribution in [0.3, 0.4) is 0 Å². The molecule has 3 heteroatoms. The fraction of sp³-hybridized carbons (Fsp3) is 0.333. The lowest BCUT2D eigenvalue weighted by Crippen LogP contribution is -2.43. The Labute approximate surface area is 125 Å². The van der Waals surface area contributed by atoms with E-state index in [0.29, 0.717) is 0 Å². The van der Waals surface area contributed by atoms with Crippen LogP contribution in [0.4, 0.5) is 4.39 Å². The fourth-order valence-electron chi connectivity index (χ4n) is 3.02. The second kappa shape index (κ2) is 6.37. The van der Waals surface area contributed by atoms with Crippen molar-refractivity contribution in [1.29, 1.82) is 0 Å². The molecule has 2 atom stereocenters. The van der Waals surface area contributed by atoms with Crippen molar-refractivity contribution in [2.75, 3.05) is 13.2 Å². The zero-order valence-corrected chi connectivity index (χ0v) is 12.2. The predicted molar refractivity (Wildman–Crippen MR) is 81.4 cm³/mol. The van der Waals surface area contributed by atoms with E-state index in [2.05, 4.69) is 36.1 Å². The molecule has 21 heavy (non-hydrogen) atoms. The van der Waals surface area contributed by atoms with Crippen molar-refractivity contribution in [1.82, 2.24) is 4.90 Å². The molecule has 1 aliphatic rings. The van der Waals surface area contributed by atoms with E-state index in [4.69, 9.17) is 4.74 Å². The minimum absolute atomic E-state index is 0.105. The second-order valence-electron chi connectivity index (χ2n) is 5.53. The molecule has 0 amide bonds. The third-order valence-electron chi connectivity index (χ3n) is 4.04. The summed E-state index contributed by atoms with van der Waals surface area (Å²) in [7, 11) is 0. The van der Waals surface area contributed by atoms with E-state index >= 15 is 0 Å². The van der Waals surface area contributed by atoms with Crippen molar-refractivity contribution < 1.29 is 9.13 Å². The SMILES string of the molecule is CC1OCCN(Cc2ccccc2)C1c1ccc(F)cc1. The van der Waals surface area contributed by atoms with Gasteiger partial charge in [-0.3, -0.25) is 4.90 Å². The molecule has 0 bridgehead atoms. The molecule has 1 aliphatic heterocycles. The van der Waals surface area contributed by atoms with Gasteiger partial charge < -0.3 is 4.74 Å². The van der Waals surface area contributed by atoms with Crippen LogP contribution in [0.5, 0.6) is 0 Å². The molecule has 1 fully saturated rings. The Morgan fingerprint density at radius 1 is 1.10 bits per heavy atom. The molecule has 2 aromatic rings. The molecule has 1 saturated heterocycles. The first-order valence-electron chi connectivity index (χ1n) is 7.39. The van der Waals surface area contributed by atoms with Gasteiger partial charge in [-0.1, -0.05) is 42.5 Å². The highest BCUT2D eigenvalue weighted by Crippen LogP contribution is 2.30. The molecule has 2 unspecified atom stereocenters. The van der Waals surface area contributed by atoms with Crippen LogP contribution in [0, 0.1) is 5.82 Å². The number of ether oxygens (including phenoxy) is 1. The molecule has 0 saturated carbocycles. The zero-order valence-electron chi connectivity index (χ0n) is 12.2. The summed E-state index contributed by atoms with van der Waals surface area (Å²) in [5, 5.41) is 0. The maximum absolute atomic E-state index is 13.2. The largest absolute Gasteiger partial charge is 0.375 e. The highest BCUT2D eigenvalue weighted by Gasteiger charge is 2.30. The average molecular weight is 285 g/mol. The number of hydrogen-bond donors (Lipinski definition) is 0. The number of nitrogens with zero attached hydrogens (tertiary/aromatic N) is 1. The van der Waals surface area contributed by atoms with Gasteiger partial charge in [-0.25, -0.2) is 4.39 Å². The Kier molecular flexibility index (Phi) is 4.32. The van der Waals surface area contributed by atoms with Crippen LogP contribution < -0.4 is 0 Å². The summed E-state index contributed by atoms with van der Waals surface area (Å²) >= 11 is 0. The van der Waals surface area contributed by atoms with E-state index in [1.807, 2.05) is 18.2 Å². The summed E-state index contributed by atoms with van der Waals surface area (Å²) in [6, 6.07) is 17.4. The summed E-state index contributed by atoms with van der Waals surface area (Å²) in [6.45, 7) is 4.61. The van der Waals surface area contributed by atoms with E-state index < -0.39 is 0 Å². The van der Waals surface area contributed by atoms with Crippen LogP contribution in [0.1, 0.15) is 24.1 Å². The normalized spacial score (nSPS) is 23.1.